The molecule has 1 aliphatic rings. The SMILES string of the molecule is N#Cc1ccnc(N2CC(Cn3cc(Br)cn3)C2)c1. The van der Waals surface area contributed by atoms with Gasteiger partial charge < -0.3 is 4.90 Å². The van der Waals surface area contributed by atoms with Gasteiger partial charge in [-0.05, 0) is 28.1 Å². The third-order valence-corrected chi connectivity index (χ3v) is 3.61. The summed E-state index contributed by atoms with van der Waals surface area (Å²) in [5, 5.41) is 13.1. The van der Waals surface area contributed by atoms with Crippen LogP contribution in [0.1, 0.15) is 5.56 Å². The lowest BCUT2D eigenvalue weighted by atomic mass is 10.00. The van der Waals surface area contributed by atoms with Crippen LogP contribution in [0.3, 0.4) is 0 Å². The molecule has 0 radical (unpaired) electrons. The quantitative estimate of drug-likeness (QED) is 0.869. The molecule has 3 rings (SSSR count). The average molecular weight is 318 g/mol. The van der Waals surface area contributed by atoms with Crippen LogP contribution in [0.4, 0.5) is 5.82 Å². The molecule has 0 unspecified atom stereocenters. The van der Waals surface area contributed by atoms with E-state index in [0.29, 0.717) is 11.5 Å². The second-order valence-corrected chi connectivity index (χ2v) is 5.58. The maximum absolute atomic E-state index is 8.87. The summed E-state index contributed by atoms with van der Waals surface area (Å²) in [4.78, 5) is 6.48. The molecule has 3 heterocycles. The van der Waals surface area contributed by atoms with E-state index >= 15 is 0 Å². The molecule has 0 spiro atoms. The van der Waals surface area contributed by atoms with Gasteiger partial charge in [-0.2, -0.15) is 10.4 Å². The van der Waals surface area contributed by atoms with Crippen LogP contribution in [0.15, 0.2) is 35.2 Å². The summed E-state index contributed by atoms with van der Waals surface area (Å²) in [6, 6.07) is 5.70. The molecule has 1 saturated heterocycles. The zero-order chi connectivity index (χ0) is 13.2. The van der Waals surface area contributed by atoms with E-state index in [2.05, 4.69) is 37.0 Å². The molecule has 1 aliphatic heterocycles. The van der Waals surface area contributed by atoms with E-state index in [0.717, 1.165) is 29.9 Å². The summed E-state index contributed by atoms with van der Waals surface area (Å²) in [5.41, 5.74) is 0.657. The van der Waals surface area contributed by atoms with E-state index in [4.69, 9.17) is 5.26 Å². The number of nitrogens with zero attached hydrogens (tertiary/aromatic N) is 5. The number of rotatable bonds is 3. The largest absolute Gasteiger partial charge is 0.356 e. The van der Waals surface area contributed by atoms with Gasteiger partial charge in [-0.25, -0.2) is 4.98 Å². The van der Waals surface area contributed by atoms with Gasteiger partial charge in [0.1, 0.15) is 5.82 Å². The number of aromatic nitrogens is 3. The van der Waals surface area contributed by atoms with E-state index in [9.17, 15) is 0 Å². The molecular weight excluding hydrogens is 306 g/mol. The van der Waals surface area contributed by atoms with Gasteiger partial charge in [0.05, 0.1) is 22.3 Å². The third kappa shape index (κ3) is 2.61. The van der Waals surface area contributed by atoms with Gasteiger partial charge in [0.25, 0.3) is 0 Å². The van der Waals surface area contributed by atoms with Crippen molar-refractivity contribution in [2.45, 2.75) is 6.54 Å². The molecule has 6 heteroatoms. The van der Waals surface area contributed by atoms with E-state index in [1.165, 1.54) is 0 Å². The monoisotopic (exact) mass is 317 g/mol. The smallest absolute Gasteiger partial charge is 0.129 e. The summed E-state index contributed by atoms with van der Waals surface area (Å²) in [7, 11) is 0. The second-order valence-electron chi connectivity index (χ2n) is 4.67. The van der Waals surface area contributed by atoms with Crippen molar-refractivity contribution in [1.82, 2.24) is 14.8 Å². The fourth-order valence-electron chi connectivity index (χ4n) is 2.24. The van der Waals surface area contributed by atoms with Crippen molar-refractivity contribution in [3.05, 3.63) is 40.8 Å². The van der Waals surface area contributed by atoms with E-state index in [-0.39, 0.29) is 0 Å². The van der Waals surface area contributed by atoms with Gasteiger partial charge in [0.15, 0.2) is 0 Å². The summed E-state index contributed by atoms with van der Waals surface area (Å²) < 4.78 is 2.96. The molecule has 0 aliphatic carbocycles. The van der Waals surface area contributed by atoms with E-state index < -0.39 is 0 Å². The van der Waals surface area contributed by atoms with Crippen LogP contribution >= 0.6 is 15.9 Å². The summed E-state index contributed by atoms with van der Waals surface area (Å²) in [5.74, 6) is 1.47. The number of hydrogen-bond acceptors (Lipinski definition) is 4. The fraction of sp³-hybridized carbons (Fsp3) is 0.308. The van der Waals surface area contributed by atoms with Crippen LogP contribution in [-0.2, 0) is 6.54 Å². The van der Waals surface area contributed by atoms with Gasteiger partial charge in [0.2, 0.25) is 0 Å². The highest BCUT2D eigenvalue weighted by Crippen LogP contribution is 2.24. The molecule has 0 bridgehead atoms. The van der Waals surface area contributed by atoms with Crippen LogP contribution in [0.25, 0.3) is 0 Å². The molecule has 0 N–H and O–H groups in total. The molecule has 0 saturated carbocycles. The highest BCUT2D eigenvalue weighted by Gasteiger charge is 2.28. The van der Waals surface area contributed by atoms with Crippen LogP contribution in [0, 0.1) is 17.2 Å². The first-order chi connectivity index (χ1) is 9.24. The van der Waals surface area contributed by atoms with Gasteiger partial charge in [-0.3, -0.25) is 4.68 Å². The minimum Gasteiger partial charge on any atom is -0.356 e. The Labute approximate surface area is 119 Å². The zero-order valence-corrected chi connectivity index (χ0v) is 11.8. The van der Waals surface area contributed by atoms with Crippen molar-refractivity contribution in [1.29, 1.82) is 5.26 Å². The van der Waals surface area contributed by atoms with E-state index in [1.807, 2.05) is 16.9 Å². The van der Waals surface area contributed by atoms with Crippen molar-refractivity contribution in [2.75, 3.05) is 18.0 Å². The van der Waals surface area contributed by atoms with Crippen LogP contribution in [-0.4, -0.2) is 27.9 Å². The number of nitriles is 1. The molecule has 96 valence electrons. The molecule has 0 amide bonds. The Balaban J connectivity index is 1.59. The zero-order valence-electron chi connectivity index (χ0n) is 10.2. The van der Waals surface area contributed by atoms with Gasteiger partial charge in [-0.15, -0.1) is 0 Å². The molecule has 2 aromatic rings. The second kappa shape index (κ2) is 5.02. The first kappa shape index (κ1) is 12.2. The maximum Gasteiger partial charge on any atom is 0.129 e. The third-order valence-electron chi connectivity index (χ3n) is 3.20. The molecule has 0 aromatic carbocycles. The van der Waals surface area contributed by atoms with Crippen LogP contribution in [0.5, 0.6) is 0 Å². The van der Waals surface area contributed by atoms with Gasteiger partial charge >= 0.3 is 0 Å². The Morgan fingerprint density at radius 3 is 3.00 bits per heavy atom. The summed E-state index contributed by atoms with van der Waals surface area (Å²) >= 11 is 3.39. The van der Waals surface area contributed by atoms with E-state index in [1.54, 1.807) is 18.5 Å². The number of anilines is 1. The Bertz CT molecular complexity index is 624. The topological polar surface area (TPSA) is 57.7 Å². The molecule has 19 heavy (non-hydrogen) atoms. The molecule has 0 atom stereocenters. The first-order valence-corrected chi connectivity index (χ1v) is 6.83. The van der Waals surface area contributed by atoms with Crippen molar-refractivity contribution >= 4 is 21.7 Å². The maximum atomic E-state index is 8.87. The lowest BCUT2D eigenvalue weighted by Crippen LogP contribution is -2.49. The normalized spacial score (nSPS) is 15.1. The van der Waals surface area contributed by atoms with Crippen molar-refractivity contribution < 1.29 is 0 Å². The predicted molar refractivity (Wildman–Crippen MR) is 74.6 cm³/mol. The Kier molecular flexibility index (Phi) is 3.22. The van der Waals surface area contributed by atoms with Crippen molar-refractivity contribution in [3.63, 3.8) is 0 Å². The molecule has 5 nitrogen and oxygen atoms in total. The Morgan fingerprint density at radius 2 is 2.32 bits per heavy atom. The highest BCUT2D eigenvalue weighted by molar-refractivity contribution is 9.10. The van der Waals surface area contributed by atoms with Crippen LogP contribution in [0.2, 0.25) is 0 Å². The molecule has 2 aromatic heterocycles. The number of halogens is 1. The lowest BCUT2D eigenvalue weighted by molar-refractivity contribution is 0.340. The van der Waals surface area contributed by atoms with Gasteiger partial charge in [-0.1, -0.05) is 0 Å². The van der Waals surface area contributed by atoms with Crippen LogP contribution < -0.4 is 4.90 Å². The molecular formula is C13H12BrN5. The standard InChI is InChI=1S/C13H12BrN5/c14-12-5-17-19(9-12)8-11-6-18(7-11)13-3-10(4-15)1-2-16-13/h1-3,5,9,11H,6-8H2. The van der Waals surface area contributed by atoms with Crippen molar-refractivity contribution in [3.8, 4) is 6.07 Å². The Morgan fingerprint density at radius 1 is 1.47 bits per heavy atom. The number of pyridine rings is 1. The minimum absolute atomic E-state index is 0.583. The van der Waals surface area contributed by atoms with Gasteiger partial charge in [0, 0.05) is 37.9 Å². The van der Waals surface area contributed by atoms with Crippen molar-refractivity contribution in [2.24, 2.45) is 5.92 Å². The minimum atomic E-state index is 0.583. The first-order valence-electron chi connectivity index (χ1n) is 6.03. The predicted octanol–water partition coefficient (Wildman–Crippen LogP) is 2.05. The average Bonchev–Trinajstić information content (AvgIpc) is 2.79. The fourth-order valence-corrected chi connectivity index (χ4v) is 2.56. The molecule has 1 fully saturated rings. The number of hydrogen-bond donors (Lipinski definition) is 0. The summed E-state index contributed by atoms with van der Waals surface area (Å²) in [6.07, 6.45) is 5.47. The lowest BCUT2D eigenvalue weighted by Gasteiger charge is -2.40. The highest BCUT2D eigenvalue weighted by atomic mass is 79.9. The summed E-state index contributed by atoms with van der Waals surface area (Å²) in [6.45, 7) is 2.83. The Hall–Kier alpha value is -1.87.